The summed E-state index contributed by atoms with van der Waals surface area (Å²) in [6, 6.07) is 0. The van der Waals surface area contributed by atoms with Gasteiger partial charge in [-0.2, -0.15) is 0 Å². The zero-order valence-corrected chi connectivity index (χ0v) is 15.6. The summed E-state index contributed by atoms with van der Waals surface area (Å²) >= 11 is 0. The van der Waals surface area contributed by atoms with Crippen LogP contribution in [0.4, 0.5) is 0 Å². The molecule has 0 rings (SSSR count). The third-order valence-corrected chi connectivity index (χ3v) is 4.19. The molecule has 0 aliphatic rings. The smallest absolute Gasteiger partial charge is 0.0466 e. The van der Waals surface area contributed by atoms with Gasteiger partial charge >= 0.3 is 0 Å². The predicted molar refractivity (Wildman–Crippen MR) is 101 cm³/mol. The molecule has 0 spiro atoms. The summed E-state index contributed by atoms with van der Waals surface area (Å²) in [7, 11) is 0. The first-order valence-corrected chi connectivity index (χ1v) is 10.1. The highest BCUT2D eigenvalue weighted by atomic mass is 16.5. The fraction of sp³-hybridized carbons (Fsp3) is 0.905. The predicted octanol–water partition coefficient (Wildman–Crippen LogP) is 7.45. The first-order valence-electron chi connectivity index (χ1n) is 10.1. The molecule has 0 aromatic rings. The van der Waals surface area contributed by atoms with E-state index in [0.29, 0.717) is 0 Å². The summed E-state index contributed by atoms with van der Waals surface area (Å²) < 4.78 is 5.58. The molecule has 0 fully saturated rings. The van der Waals surface area contributed by atoms with E-state index in [0.717, 1.165) is 13.2 Å². The van der Waals surface area contributed by atoms with Gasteiger partial charge in [-0.05, 0) is 38.5 Å². The molecule has 0 amide bonds. The Morgan fingerprint density at radius 2 is 0.955 bits per heavy atom. The topological polar surface area (TPSA) is 9.23 Å². The van der Waals surface area contributed by atoms with E-state index in [-0.39, 0.29) is 0 Å². The highest BCUT2D eigenvalue weighted by molar-refractivity contribution is 4.81. The maximum atomic E-state index is 5.58. The van der Waals surface area contributed by atoms with Crippen LogP contribution in [0.3, 0.4) is 0 Å². The third kappa shape index (κ3) is 19.7. The molecule has 0 heterocycles. The minimum absolute atomic E-state index is 0.960. The molecular weight excluding hydrogens is 268 g/mol. The Morgan fingerprint density at radius 1 is 0.500 bits per heavy atom. The lowest BCUT2D eigenvalue weighted by Crippen LogP contribution is -1.96. The summed E-state index contributed by atoms with van der Waals surface area (Å²) in [6.45, 7) is 6.43. The van der Waals surface area contributed by atoms with Gasteiger partial charge < -0.3 is 4.74 Å². The van der Waals surface area contributed by atoms with E-state index in [1.54, 1.807) is 0 Å². The molecule has 0 atom stereocenters. The van der Waals surface area contributed by atoms with Crippen LogP contribution in [0.2, 0.25) is 0 Å². The zero-order chi connectivity index (χ0) is 16.1. The Labute approximate surface area is 140 Å². The normalized spacial score (nSPS) is 11.5. The Hall–Kier alpha value is -0.300. The van der Waals surface area contributed by atoms with E-state index in [4.69, 9.17) is 4.74 Å². The second-order valence-corrected chi connectivity index (χ2v) is 6.55. The van der Waals surface area contributed by atoms with Crippen LogP contribution in [0, 0.1) is 0 Å². The molecular formula is C21H42O. The van der Waals surface area contributed by atoms with Crippen LogP contribution in [0.25, 0.3) is 0 Å². The van der Waals surface area contributed by atoms with Gasteiger partial charge in [0.05, 0.1) is 0 Å². The number of allylic oxidation sites excluding steroid dienone is 2. The molecule has 22 heavy (non-hydrogen) atoms. The van der Waals surface area contributed by atoms with Crippen LogP contribution in [-0.4, -0.2) is 13.2 Å². The number of rotatable bonds is 18. The molecule has 0 aromatic carbocycles. The molecule has 1 heteroatoms. The Bertz CT molecular complexity index is 210. The van der Waals surface area contributed by atoms with Gasteiger partial charge in [-0.25, -0.2) is 0 Å². The monoisotopic (exact) mass is 310 g/mol. The minimum atomic E-state index is 0.960. The molecule has 0 unspecified atom stereocenters. The van der Waals surface area contributed by atoms with Crippen LogP contribution in [0.1, 0.15) is 110 Å². The first kappa shape index (κ1) is 21.7. The van der Waals surface area contributed by atoms with Crippen molar-refractivity contribution in [2.75, 3.05) is 13.2 Å². The van der Waals surface area contributed by atoms with Crippen molar-refractivity contribution in [1.82, 2.24) is 0 Å². The molecule has 0 radical (unpaired) electrons. The third-order valence-electron chi connectivity index (χ3n) is 4.19. The van der Waals surface area contributed by atoms with E-state index < -0.39 is 0 Å². The van der Waals surface area contributed by atoms with Gasteiger partial charge in [-0.1, -0.05) is 83.8 Å². The first-order chi connectivity index (χ1) is 10.9. The molecule has 0 bridgehead atoms. The molecule has 0 saturated carbocycles. The highest BCUT2D eigenvalue weighted by Crippen LogP contribution is 2.09. The summed E-state index contributed by atoms with van der Waals surface area (Å²) in [5.74, 6) is 0. The van der Waals surface area contributed by atoms with Crippen LogP contribution in [-0.2, 0) is 4.74 Å². The maximum Gasteiger partial charge on any atom is 0.0466 e. The average molecular weight is 311 g/mol. The quantitative estimate of drug-likeness (QED) is 0.189. The van der Waals surface area contributed by atoms with E-state index in [1.165, 1.54) is 96.3 Å². The molecule has 0 saturated heterocycles. The summed E-state index contributed by atoms with van der Waals surface area (Å²) in [6.07, 6.45) is 25.0. The second-order valence-electron chi connectivity index (χ2n) is 6.55. The van der Waals surface area contributed by atoms with Crippen LogP contribution >= 0.6 is 0 Å². The SMILES string of the molecule is CCCCCCC/C=C\CCCCCCCCOCCCC. The van der Waals surface area contributed by atoms with Crippen LogP contribution in [0.5, 0.6) is 0 Å². The standard InChI is InChI=1S/C21H42O/c1-3-5-7-8-9-10-11-12-13-14-15-16-17-18-19-21-22-20-6-4-2/h11-12H,3-10,13-21H2,1-2H3/b12-11-. The minimum Gasteiger partial charge on any atom is -0.381 e. The van der Waals surface area contributed by atoms with Crippen molar-refractivity contribution in [2.45, 2.75) is 110 Å². The van der Waals surface area contributed by atoms with Gasteiger partial charge in [0.25, 0.3) is 0 Å². The number of unbranched alkanes of at least 4 members (excludes halogenated alkanes) is 12. The Balaban J connectivity index is 3.01. The lowest BCUT2D eigenvalue weighted by Gasteiger charge is -2.03. The summed E-state index contributed by atoms with van der Waals surface area (Å²) in [5, 5.41) is 0. The van der Waals surface area contributed by atoms with Crippen molar-refractivity contribution in [3.63, 3.8) is 0 Å². The van der Waals surface area contributed by atoms with E-state index in [9.17, 15) is 0 Å². The average Bonchev–Trinajstić information content (AvgIpc) is 2.54. The number of ether oxygens (including phenoxy) is 1. The van der Waals surface area contributed by atoms with Crippen LogP contribution in [0.15, 0.2) is 12.2 Å². The summed E-state index contributed by atoms with van der Waals surface area (Å²) in [5.41, 5.74) is 0. The van der Waals surface area contributed by atoms with Gasteiger partial charge in [-0.3, -0.25) is 0 Å². The molecule has 1 nitrogen and oxygen atoms in total. The Kier molecular flexibility index (Phi) is 20.4. The zero-order valence-electron chi connectivity index (χ0n) is 15.6. The van der Waals surface area contributed by atoms with E-state index >= 15 is 0 Å². The molecule has 0 aliphatic heterocycles. The molecule has 0 N–H and O–H groups in total. The van der Waals surface area contributed by atoms with Crippen molar-refractivity contribution in [1.29, 1.82) is 0 Å². The van der Waals surface area contributed by atoms with Crippen molar-refractivity contribution in [3.8, 4) is 0 Å². The van der Waals surface area contributed by atoms with E-state index in [2.05, 4.69) is 26.0 Å². The van der Waals surface area contributed by atoms with Crippen molar-refractivity contribution in [3.05, 3.63) is 12.2 Å². The number of hydrogen-bond acceptors (Lipinski definition) is 1. The van der Waals surface area contributed by atoms with Crippen LogP contribution < -0.4 is 0 Å². The van der Waals surface area contributed by atoms with Gasteiger partial charge in [0.1, 0.15) is 0 Å². The molecule has 132 valence electrons. The maximum absolute atomic E-state index is 5.58. The Morgan fingerprint density at radius 3 is 1.55 bits per heavy atom. The second kappa shape index (κ2) is 20.7. The van der Waals surface area contributed by atoms with Crippen molar-refractivity contribution < 1.29 is 4.74 Å². The molecule has 0 aromatic heterocycles. The fourth-order valence-electron chi connectivity index (χ4n) is 2.62. The van der Waals surface area contributed by atoms with Crippen molar-refractivity contribution in [2.24, 2.45) is 0 Å². The largest absolute Gasteiger partial charge is 0.381 e. The van der Waals surface area contributed by atoms with Crippen molar-refractivity contribution >= 4 is 0 Å². The van der Waals surface area contributed by atoms with Gasteiger partial charge in [0, 0.05) is 13.2 Å². The number of hydrogen-bond donors (Lipinski definition) is 0. The lowest BCUT2D eigenvalue weighted by molar-refractivity contribution is 0.127. The van der Waals surface area contributed by atoms with Gasteiger partial charge in [0.2, 0.25) is 0 Å². The highest BCUT2D eigenvalue weighted by Gasteiger charge is 1.92. The fourth-order valence-corrected chi connectivity index (χ4v) is 2.62. The lowest BCUT2D eigenvalue weighted by atomic mass is 10.1. The van der Waals surface area contributed by atoms with Gasteiger partial charge in [-0.15, -0.1) is 0 Å². The van der Waals surface area contributed by atoms with E-state index in [1.807, 2.05) is 0 Å². The molecule has 0 aliphatic carbocycles. The summed E-state index contributed by atoms with van der Waals surface area (Å²) in [4.78, 5) is 0. The van der Waals surface area contributed by atoms with Gasteiger partial charge in [0.15, 0.2) is 0 Å².